The number of ether oxygens (including phenoxy) is 4. The first-order valence-corrected chi connectivity index (χ1v) is 25.4. The molecule has 1 saturated heterocycles. The molecule has 0 aromatic heterocycles. The van der Waals surface area contributed by atoms with Crippen LogP contribution in [0.5, 0.6) is 0 Å². The first kappa shape index (κ1) is 57.8. The van der Waals surface area contributed by atoms with Crippen LogP contribution < -0.4 is 0 Å². The monoisotopic (exact) mass is 899 g/mol. The molecule has 1 heterocycles. The van der Waals surface area contributed by atoms with Crippen LogP contribution in [0.4, 0.5) is 0 Å². The summed E-state index contributed by atoms with van der Waals surface area (Å²) in [5.74, 6) is -0.430. The van der Waals surface area contributed by atoms with E-state index in [0.29, 0.717) is 13.0 Å². The lowest BCUT2D eigenvalue weighted by molar-refractivity contribution is -0.301. The van der Waals surface area contributed by atoms with Gasteiger partial charge in [0.15, 0.2) is 6.29 Å². The summed E-state index contributed by atoms with van der Waals surface area (Å²) in [6.07, 6.45) is 41.2. The Morgan fingerprint density at radius 3 is 1.63 bits per heavy atom. The number of carbonyl (C=O) groups excluding carboxylic acids is 1. The van der Waals surface area contributed by atoms with Crippen LogP contribution in [0, 0.1) is 0 Å². The minimum Gasteiger partial charge on any atom is -0.457 e. The maximum atomic E-state index is 12.8. The summed E-state index contributed by atoms with van der Waals surface area (Å²) in [4.78, 5) is 12.8. The summed E-state index contributed by atoms with van der Waals surface area (Å²) >= 11 is 0. The summed E-state index contributed by atoms with van der Waals surface area (Å²) in [5.41, 5.74) is 0. The molecular formula is C49H86O12S. The van der Waals surface area contributed by atoms with Crippen molar-refractivity contribution in [3.8, 4) is 0 Å². The number of allylic oxidation sites excluding steroid dienone is 10. The molecule has 1 aliphatic rings. The van der Waals surface area contributed by atoms with Gasteiger partial charge < -0.3 is 34.3 Å². The normalized spacial score (nSPS) is 20.5. The molecule has 0 aromatic rings. The average Bonchev–Trinajstić information content (AvgIpc) is 3.24. The van der Waals surface area contributed by atoms with Crippen molar-refractivity contribution in [3.05, 3.63) is 60.8 Å². The summed E-state index contributed by atoms with van der Waals surface area (Å²) < 4.78 is 59.1. The van der Waals surface area contributed by atoms with Crippen LogP contribution in [-0.2, 0) is 38.3 Å². The van der Waals surface area contributed by atoms with Crippen molar-refractivity contribution >= 4 is 16.4 Å². The van der Waals surface area contributed by atoms with E-state index in [9.17, 15) is 28.5 Å². The highest BCUT2D eigenvalue weighted by Gasteiger charge is 2.48. The van der Waals surface area contributed by atoms with Gasteiger partial charge in [-0.2, -0.15) is 8.42 Å². The summed E-state index contributed by atoms with van der Waals surface area (Å²) in [7, 11) is -5.07. The van der Waals surface area contributed by atoms with Crippen LogP contribution in [0.1, 0.15) is 181 Å². The van der Waals surface area contributed by atoms with E-state index >= 15 is 0 Å². The highest BCUT2D eigenvalue weighted by molar-refractivity contribution is 7.80. The van der Waals surface area contributed by atoms with E-state index in [-0.39, 0.29) is 19.6 Å². The van der Waals surface area contributed by atoms with Crippen LogP contribution in [-0.4, -0.2) is 97.5 Å². The lowest BCUT2D eigenvalue weighted by atomic mass is 9.99. The van der Waals surface area contributed by atoms with Gasteiger partial charge in [-0.1, -0.05) is 158 Å². The summed E-state index contributed by atoms with van der Waals surface area (Å²) in [5, 5.41) is 30.7. The number of carbonyl (C=O) groups is 1. The van der Waals surface area contributed by atoms with Gasteiger partial charge in [-0.25, -0.2) is 4.18 Å². The Labute approximate surface area is 376 Å². The lowest BCUT2D eigenvalue weighted by Crippen LogP contribution is -2.60. The molecule has 0 aliphatic carbocycles. The minimum absolute atomic E-state index is 0.0196. The SMILES string of the molecule is CC/C=C\C/C=C\C/C=C\CCCCCC(=O)OC(COCCCCCCCCCCCC/C=C\C/C=C\CCCCCCC)COC1OC(CO)C(O)C(OS(=O)(=O)O)C1O. The van der Waals surface area contributed by atoms with Gasteiger partial charge >= 0.3 is 16.4 Å². The summed E-state index contributed by atoms with van der Waals surface area (Å²) in [6.45, 7) is 3.81. The molecule has 6 atom stereocenters. The zero-order valence-corrected chi connectivity index (χ0v) is 39.2. The molecule has 13 heteroatoms. The van der Waals surface area contributed by atoms with Gasteiger partial charge in [0.1, 0.15) is 30.5 Å². The Morgan fingerprint density at radius 1 is 0.629 bits per heavy atom. The lowest BCUT2D eigenvalue weighted by Gasteiger charge is -2.41. The first-order chi connectivity index (χ1) is 30.1. The van der Waals surface area contributed by atoms with Crippen LogP contribution in [0.2, 0.25) is 0 Å². The van der Waals surface area contributed by atoms with Gasteiger partial charge in [-0.3, -0.25) is 9.35 Å². The van der Waals surface area contributed by atoms with Gasteiger partial charge in [0.2, 0.25) is 0 Å². The smallest absolute Gasteiger partial charge is 0.397 e. The fraction of sp³-hybridized carbons (Fsp3) is 0.776. The number of hydrogen-bond donors (Lipinski definition) is 4. The molecule has 0 amide bonds. The van der Waals surface area contributed by atoms with Crippen molar-refractivity contribution in [3.63, 3.8) is 0 Å². The second kappa shape index (κ2) is 40.3. The van der Waals surface area contributed by atoms with Gasteiger partial charge in [0.05, 0.1) is 19.8 Å². The van der Waals surface area contributed by atoms with E-state index in [1.807, 2.05) is 0 Å². The zero-order chi connectivity index (χ0) is 45.4. The third-order valence-corrected chi connectivity index (χ3v) is 11.1. The Kier molecular flexibility index (Phi) is 37.6. The van der Waals surface area contributed by atoms with Gasteiger partial charge in [0, 0.05) is 13.0 Å². The predicted octanol–water partition coefficient (Wildman–Crippen LogP) is 10.5. The maximum absolute atomic E-state index is 12.8. The Morgan fingerprint density at radius 2 is 1.11 bits per heavy atom. The van der Waals surface area contributed by atoms with Crippen molar-refractivity contribution in [2.75, 3.05) is 26.4 Å². The minimum atomic E-state index is -5.07. The molecule has 6 unspecified atom stereocenters. The number of rotatable bonds is 41. The van der Waals surface area contributed by atoms with Crippen LogP contribution in [0.15, 0.2) is 60.8 Å². The maximum Gasteiger partial charge on any atom is 0.397 e. The third-order valence-electron chi connectivity index (χ3n) is 10.6. The van der Waals surface area contributed by atoms with Gasteiger partial charge in [-0.05, 0) is 77.0 Å². The molecule has 0 bridgehead atoms. The number of aliphatic hydroxyl groups is 3. The van der Waals surface area contributed by atoms with Gasteiger partial charge in [-0.15, -0.1) is 0 Å². The molecule has 0 radical (unpaired) electrons. The van der Waals surface area contributed by atoms with E-state index < -0.39 is 59.8 Å². The molecule has 62 heavy (non-hydrogen) atoms. The van der Waals surface area contributed by atoms with Crippen LogP contribution in [0.25, 0.3) is 0 Å². The second-order valence-corrected chi connectivity index (χ2v) is 17.4. The number of hydrogen-bond acceptors (Lipinski definition) is 11. The average molecular weight is 899 g/mol. The Bertz CT molecular complexity index is 1310. The van der Waals surface area contributed by atoms with E-state index in [1.165, 1.54) is 89.9 Å². The molecule has 4 N–H and O–H groups in total. The van der Waals surface area contributed by atoms with E-state index in [0.717, 1.165) is 64.2 Å². The first-order valence-electron chi connectivity index (χ1n) is 24.0. The summed E-state index contributed by atoms with van der Waals surface area (Å²) in [6, 6.07) is 0. The topological polar surface area (TPSA) is 178 Å². The van der Waals surface area contributed by atoms with E-state index in [2.05, 4.69) is 78.8 Å². The number of esters is 1. The van der Waals surface area contributed by atoms with E-state index in [4.69, 9.17) is 23.5 Å². The highest BCUT2D eigenvalue weighted by Crippen LogP contribution is 2.26. The van der Waals surface area contributed by atoms with Crippen molar-refractivity contribution < 1.29 is 56.2 Å². The van der Waals surface area contributed by atoms with Crippen molar-refractivity contribution in [2.45, 2.75) is 218 Å². The molecule has 1 aliphatic heterocycles. The zero-order valence-electron chi connectivity index (χ0n) is 38.4. The third kappa shape index (κ3) is 33.3. The number of unbranched alkanes of at least 4 members (excludes halogenated alkanes) is 18. The molecular weight excluding hydrogens is 813 g/mol. The molecule has 0 spiro atoms. The molecule has 360 valence electrons. The molecule has 0 saturated carbocycles. The quantitative estimate of drug-likeness (QED) is 0.0198. The molecule has 1 fully saturated rings. The van der Waals surface area contributed by atoms with Gasteiger partial charge in [0.25, 0.3) is 0 Å². The standard InChI is InChI=1S/C49H86O12S/c1-3-5-7-9-11-13-15-17-18-19-20-21-22-23-24-25-27-29-31-33-35-37-39-57-41-43(42-58-49-47(53)48(61-62(54,55)56)46(52)44(40-50)60-49)59-45(51)38-36-34-32-30-28-26-16-14-12-10-8-6-4-2/h6,8,12,14-15,17,19-20,26,28,43-44,46-50,52-53H,3-5,7,9-11,13,16,18,21-25,27,29-42H2,1-2H3,(H,54,55,56)/b8-6-,14-12-,17-15-,20-19-,28-26-. The largest absolute Gasteiger partial charge is 0.457 e. The number of aliphatic hydroxyl groups excluding tert-OH is 3. The Balaban J connectivity index is 2.38. The Hall–Kier alpha value is -2.20. The molecule has 1 rings (SSSR count). The van der Waals surface area contributed by atoms with Crippen molar-refractivity contribution in [2.24, 2.45) is 0 Å². The molecule has 0 aromatic carbocycles. The van der Waals surface area contributed by atoms with E-state index in [1.54, 1.807) is 0 Å². The second-order valence-electron chi connectivity index (χ2n) is 16.3. The van der Waals surface area contributed by atoms with Crippen LogP contribution >= 0.6 is 0 Å². The fourth-order valence-electron chi connectivity index (χ4n) is 7.01. The van der Waals surface area contributed by atoms with Crippen molar-refractivity contribution in [1.82, 2.24) is 0 Å². The van der Waals surface area contributed by atoms with Crippen LogP contribution in [0.3, 0.4) is 0 Å². The highest BCUT2D eigenvalue weighted by atomic mass is 32.3. The predicted molar refractivity (Wildman–Crippen MR) is 248 cm³/mol. The van der Waals surface area contributed by atoms with Crippen molar-refractivity contribution in [1.29, 1.82) is 0 Å². The fourth-order valence-corrected chi connectivity index (χ4v) is 7.52. The molecule has 12 nitrogen and oxygen atoms in total.